The molecular weight excluding hydrogens is 322 g/mol. The molecule has 2 saturated heterocycles. The van der Waals surface area contributed by atoms with Crippen molar-refractivity contribution in [2.45, 2.75) is 44.6 Å². The minimum atomic E-state index is 0.0902. The number of fused-ring (bicyclic) bond motifs is 1. The number of hydrogen-bond acceptors (Lipinski definition) is 4. The Balaban J connectivity index is 1.51. The number of anilines is 1. The SMILES string of the molecule is O=C1CNCCN1c1cc(C(=O)N2CCC[C@H]3CCCC[C@H]32)cs1. The van der Waals surface area contributed by atoms with Crippen LogP contribution in [0.25, 0.3) is 0 Å². The summed E-state index contributed by atoms with van der Waals surface area (Å²) < 4.78 is 0. The first-order valence-corrected chi connectivity index (χ1v) is 10.0. The van der Waals surface area contributed by atoms with Gasteiger partial charge in [-0.15, -0.1) is 11.3 Å². The minimum Gasteiger partial charge on any atom is -0.335 e. The number of hydrogen-bond donors (Lipinski definition) is 1. The molecule has 130 valence electrons. The number of carbonyl (C=O) groups is 2. The predicted octanol–water partition coefficient (Wildman–Crippen LogP) is 2.48. The van der Waals surface area contributed by atoms with Crippen molar-refractivity contribution in [1.82, 2.24) is 10.2 Å². The van der Waals surface area contributed by atoms with Gasteiger partial charge in [-0.2, -0.15) is 0 Å². The molecular formula is C18H25N3O2S. The van der Waals surface area contributed by atoms with Gasteiger partial charge in [0.25, 0.3) is 5.91 Å². The van der Waals surface area contributed by atoms with E-state index in [0.29, 0.717) is 25.0 Å². The molecule has 4 rings (SSSR count). The minimum absolute atomic E-state index is 0.0902. The molecule has 0 bridgehead atoms. The van der Waals surface area contributed by atoms with Gasteiger partial charge in [0, 0.05) is 31.1 Å². The first kappa shape index (κ1) is 16.1. The molecule has 1 aromatic rings. The van der Waals surface area contributed by atoms with Crippen molar-refractivity contribution < 1.29 is 9.59 Å². The van der Waals surface area contributed by atoms with Crippen molar-refractivity contribution in [3.63, 3.8) is 0 Å². The summed E-state index contributed by atoms with van der Waals surface area (Å²) >= 11 is 1.51. The van der Waals surface area contributed by atoms with Gasteiger partial charge >= 0.3 is 0 Å². The Kier molecular flexibility index (Phi) is 4.59. The van der Waals surface area contributed by atoms with E-state index in [9.17, 15) is 9.59 Å². The predicted molar refractivity (Wildman–Crippen MR) is 95.6 cm³/mol. The second-order valence-corrected chi connectivity index (χ2v) is 8.04. The number of nitrogens with zero attached hydrogens (tertiary/aromatic N) is 2. The summed E-state index contributed by atoms with van der Waals surface area (Å²) in [6.07, 6.45) is 7.40. The van der Waals surface area contributed by atoms with Gasteiger partial charge in [0.05, 0.1) is 17.1 Å². The number of carbonyl (C=O) groups excluding carboxylic acids is 2. The van der Waals surface area contributed by atoms with E-state index in [1.54, 1.807) is 4.90 Å². The van der Waals surface area contributed by atoms with Crippen LogP contribution in [0.4, 0.5) is 5.00 Å². The number of piperidine rings is 1. The van der Waals surface area contributed by atoms with Gasteiger partial charge in [-0.3, -0.25) is 9.59 Å². The largest absolute Gasteiger partial charge is 0.335 e. The molecule has 2 atom stereocenters. The third-order valence-electron chi connectivity index (χ3n) is 5.69. The number of likely N-dealkylation sites (tertiary alicyclic amines) is 1. The van der Waals surface area contributed by atoms with Crippen molar-refractivity contribution in [2.75, 3.05) is 31.1 Å². The number of nitrogens with one attached hydrogen (secondary N) is 1. The van der Waals surface area contributed by atoms with Gasteiger partial charge in [0.1, 0.15) is 0 Å². The van der Waals surface area contributed by atoms with Crippen molar-refractivity contribution >= 4 is 28.2 Å². The van der Waals surface area contributed by atoms with Gasteiger partial charge in [-0.25, -0.2) is 0 Å². The lowest BCUT2D eigenvalue weighted by molar-refractivity contribution is -0.118. The lowest BCUT2D eigenvalue weighted by Crippen LogP contribution is -2.49. The van der Waals surface area contributed by atoms with Crippen LogP contribution in [0, 0.1) is 5.92 Å². The second kappa shape index (κ2) is 6.84. The van der Waals surface area contributed by atoms with E-state index < -0.39 is 0 Å². The molecule has 3 fully saturated rings. The maximum atomic E-state index is 13.0. The highest BCUT2D eigenvalue weighted by atomic mass is 32.1. The highest BCUT2D eigenvalue weighted by Gasteiger charge is 2.36. The molecule has 1 aromatic heterocycles. The third kappa shape index (κ3) is 2.97. The van der Waals surface area contributed by atoms with Gasteiger partial charge in [0.2, 0.25) is 5.91 Å². The van der Waals surface area contributed by atoms with E-state index in [4.69, 9.17) is 0 Å². The second-order valence-electron chi connectivity index (χ2n) is 7.15. The number of piperazine rings is 1. The van der Waals surface area contributed by atoms with Crippen LogP contribution in [0.2, 0.25) is 0 Å². The zero-order valence-electron chi connectivity index (χ0n) is 14.0. The van der Waals surface area contributed by atoms with E-state index >= 15 is 0 Å². The molecule has 1 N–H and O–H groups in total. The van der Waals surface area contributed by atoms with Crippen LogP contribution in [0.1, 0.15) is 48.9 Å². The third-order valence-corrected chi connectivity index (χ3v) is 6.64. The van der Waals surface area contributed by atoms with E-state index in [2.05, 4.69) is 10.2 Å². The maximum Gasteiger partial charge on any atom is 0.255 e. The molecule has 24 heavy (non-hydrogen) atoms. The Morgan fingerprint density at radius 3 is 2.88 bits per heavy atom. The van der Waals surface area contributed by atoms with Crippen LogP contribution in [-0.4, -0.2) is 48.9 Å². The van der Waals surface area contributed by atoms with E-state index in [1.165, 1.54) is 37.0 Å². The number of thiophene rings is 1. The van der Waals surface area contributed by atoms with Crippen LogP contribution < -0.4 is 10.2 Å². The van der Waals surface area contributed by atoms with Crippen molar-refractivity contribution in [1.29, 1.82) is 0 Å². The van der Waals surface area contributed by atoms with Crippen LogP contribution >= 0.6 is 11.3 Å². The van der Waals surface area contributed by atoms with Gasteiger partial charge in [0.15, 0.2) is 0 Å². The molecule has 0 aromatic carbocycles. The summed E-state index contributed by atoms with van der Waals surface area (Å²) in [4.78, 5) is 29.0. The Labute approximate surface area is 147 Å². The van der Waals surface area contributed by atoms with Gasteiger partial charge < -0.3 is 15.1 Å². The molecule has 0 radical (unpaired) electrons. The van der Waals surface area contributed by atoms with Crippen LogP contribution in [-0.2, 0) is 4.79 Å². The zero-order chi connectivity index (χ0) is 16.5. The maximum absolute atomic E-state index is 13.0. The van der Waals surface area contributed by atoms with E-state index in [0.717, 1.165) is 36.5 Å². The normalized spacial score (nSPS) is 27.9. The van der Waals surface area contributed by atoms with Crippen LogP contribution in [0.3, 0.4) is 0 Å². The average Bonchev–Trinajstić information content (AvgIpc) is 3.11. The molecule has 1 saturated carbocycles. The van der Waals surface area contributed by atoms with E-state index in [-0.39, 0.29) is 11.8 Å². The van der Waals surface area contributed by atoms with Crippen molar-refractivity contribution in [3.8, 4) is 0 Å². The molecule has 2 amide bonds. The lowest BCUT2D eigenvalue weighted by atomic mass is 9.78. The lowest BCUT2D eigenvalue weighted by Gasteiger charge is -2.44. The fourth-order valence-electron chi connectivity index (χ4n) is 4.46. The Morgan fingerprint density at radius 1 is 1.17 bits per heavy atom. The summed E-state index contributed by atoms with van der Waals surface area (Å²) in [5, 5.41) is 5.92. The molecule has 0 spiro atoms. The molecule has 1 aliphatic carbocycles. The van der Waals surface area contributed by atoms with E-state index in [1.807, 2.05) is 11.4 Å². The smallest absolute Gasteiger partial charge is 0.255 e. The average molecular weight is 347 g/mol. The quantitative estimate of drug-likeness (QED) is 0.894. The first-order chi connectivity index (χ1) is 11.7. The fourth-order valence-corrected chi connectivity index (χ4v) is 5.39. The Bertz CT molecular complexity index is 628. The Hall–Kier alpha value is -1.40. The summed E-state index contributed by atoms with van der Waals surface area (Å²) in [6, 6.07) is 2.35. The summed E-state index contributed by atoms with van der Waals surface area (Å²) in [7, 11) is 0. The molecule has 6 heteroatoms. The number of rotatable bonds is 2. The van der Waals surface area contributed by atoms with Crippen molar-refractivity contribution in [3.05, 3.63) is 17.0 Å². The van der Waals surface area contributed by atoms with Gasteiger partial charge in [-0.05, 0) is 37.7 Å². The monoisotopic (exact) mass is 347 g/mol. The van der Waals surface area contributed by atoms with Crippen molar-refractivity contribution in [2.24, 2.45) is 5.92 Å². The first-order valence-electron chi connectivity index (χ1n) is 9.14. The van der Waals surface area contributed by atoms with Crippen LogP contribution in [0.15, 0.2) is 11.4 Å². The molecule has 5 nitrogen and oxygen atoms in total. The summed E-state index contributed by atoms with van der Waals surface area (Å²) in [5.74, 6) is 0.952. The molecule has 3 aliphatic rings. The molecule has 3 heterocycles. The highest BCUT2D eigenvalue weighted by molar-refractivity contribution is 7.14. The highest BCUT2D eigenvalue weighted by Crippen LogP contribution is 2.36. The topological polar surface area (TPSA) is 52.7 Å². The number of amides is 2. The summed E-state index contributed by atoms with van der Waals surface area (Å²) in [6.45, 7) is 2.76. The molecule has 0 unspecified atom stereocenters. The standard InChI is InChI=1S/C18H25N3O2S/c22-16-11-19-7-9-21(16)17-10-14(12-24-17)18(23)20-8-3-5-13-4-1-2-6-15(13)20/h10,12-13,15,19H,1-9,11H2/t13-,15-/m1/s1. The van der Waals surface area contributed by atoms with Crippen LogP contribution in [0.5, 0.6) is 0 Å². The fraction of sp³-hybridized carbons (Fsp3) is 0.667. The van der Waals surface area contributed by atoms with Gasteiger partial charge in [-0.1, -0.05) is 12.8 Å². The molecule has 2 aliphatic heterocycles. The zero-order valence-corrected chi connectivity index (χ0v) is 14.8. The Morgan fingerprint density at radius 2 is 2.00 bits per heavy atom. The summed E-state index contributed by atoms with van der Waals surface area (Å²) in [5.41, 5.74) is 0.757.